The summed E-state index contributed by atoms with van der Waals surface area (Å²) in [4.78, 5) is 8.37. The highest BCUT2D eigenvalue weighted by Crippen LogP contribution is 2.36. The maximum absolute atomic E-state index is 12.9. The summed E-state index contributed by atoms with van der Waals surface area (Å²) < 4.78 is 87.6. The number of fused-ring (bicyclic) bond motifs is 1. The van der Waals surface area contributed by atoms with Gasteiger partial charge >= 0.3 is 12.4 Å². The molecule has 2 heterocycles. The minimum absolute atomic E-state index is 0.0319. The summed E-state index contributed by atoms with van der Waals surface area (Å²) in [5.74, 6) is 0.471. The Balaban J connectivity index is 1.50. The van der Waals surface area contributed by atoms with Crippen LogP contribution in [-0.2, 0) is 17.5 Å². The number of hydrogen-bond acceptors (Lipinski definition) is 5. The fourth-order valence-corrected chi connectivity index (χ4v) is 3.54. The first-order chi connectivity index (χ1) is 17.0. The second-order valence-electron chi connectivity index (χ2n) is 7.53. The number of nitrogens with zero attached hydrogens (tertiary/aromatic N) is 3. The third-order valence-corrected chi connectivity index (χ3v) is 5.17. The quantitative estimate of drug-likeness (QED) is 0.192. The van der Waals surface area contributed by atoms with Gasteiger partial charge in [0.2, 0.25) is 0 Å². The van der Waals surface area contributed by atoms with Gasteiger partial charge in [0.05, 0.1) is 22.7 Å². The lowest BCUT2D eigenvalue weighted by Gasteiger charge is -2.13. The monoisotopic (exact) mass is 530 g/mol. The molecule has 0 bridgehead atoms. The second kappa shape index (κ2) is 10.2. The molecule has 0 aliphatic rings. The van der Waals surface area contributed by atoms with Gasteiger partial charge in [0.1, 0.15) is 29.9 Å². The van der Waals surface area contributed by atoms with Crippen LogP contribution in [0.3, 0.4) is 0 Å². The zero-order valence-corrected chi connectivity index (χ0v) is 19.0. The average Bonchev–Trinajstić information content (AvgIpc) is 3.22. The molecule has 0 unspecified atom stereocenters. The number of rotatable bonds is 8. The van der Waals surface area contributed by atoms with Crippen molar-refractivity contribution in [3.05, 3.63) is 71.6 Å². The number of ether oxygens (including phenoxy) is 2. The molecule has 190 valence electrons. The molecule has 0 saturated carbocycles. The van der Waals surface area contributed by atoms with Crippen LogP contribution in [0.25, 0.3) is 11.0 Å². The number of hydrogen-bond donors (Lipinski definition) is 1. The van der Waals surface area contributed by atoms with Gasteiger partial charge in [-0.3, -0.25) is 0 Å². The Morgan fingerprint density at radius 1 is 0.972 bits per heavy atom. The van der Waals surface area contributed by atoms with E-state index in [0.29, 0.717) is 22.5 Å². The highest BCUT2D eigenvalue weighted by Gasteiger charge is 2.30. The van der Waals surface area contributed by atoms with Crippen molar-refractivity contribution in [2.45, 2.75) is 18.9 Å². The molecule has 0 aliphatic heterocycles. The van der Waals surface area contributed by atoms with Gasteiger partial charge in [-0.1, -0.05) is 17.7 Å². The van der Waals surface area contributed by atoms with E-state index in [2.05, 4.69) is 20.0 Å². The predicted molar refractivity (Wildman–Crippen MR) is 121 cm³/mol. The summed E-state index contributed by atoms with van der Waals surface area (Å²) in [6.07, 6.45) is -5.95. The van der Waals surface area contributed by atoms with Crippen LogP contribution in [0.15, 0.2) is 61.1 Å². The van der Waals surface area contributed by atoms with E-state index in [9.17, 15) is 26.3 Å². The standard InChI is InChI=1S/C23H17ClF6N4O2/c24-17-11-15(4-5-19(17)36-16-3-1-2-14(10-16)23(28,29)30)33-21-20-18(31-13-32-21)6-7-34(20)8-9-35-12-22(25,26)27/h1-7,10-11,13H,8-9,12H2,(H,31,32,33). The van der Waals surface area contributed by atoms with Crippen molar-refractivity contribution in [1.29, 1.82) is 0 Å². The fourth-order valence-electron chi connectivity index (χ4n) is 3.32. The van der Waals surface area contributed by atoms with Gasteiger partial charge in [0, 0.05) is 18.4 Å². The molecule has 4 rings (SSSR count). The van der Waals surface area contributed by atoms with E-state index >= 15 is 0 Å². The van der Waals surface area contributed by atoms with E-state index in [1.807, 2.05) is 0 Å². The molecule has 2 aromatic carbocycles. The minimum atomic E-state index is -4.51. The van der Waals surface area contributed by atoms with E-state index in [1.165, 1.54) is 30.6 Å². The lowest BCUT2D eigenvalue weighted by Crippen LogP contribution is -2.19. The number of alkyl halides is 6. The highest BCUT2D eigenvalue weighted by molar-refractivity contribution is 6.32. The molecule has 36 heavy (non-hydrogen) atoms. The Kier molecular flexibility index (Phi) is 7.27. The van der Waals surface area contributed by atoms with E-state index < -0.39 is 24.5 Å². The lowest BCUT2D eigenvalue weighted by atomic mass is 10.2. The molecule has 1 N–H and O–H groups in total. The Morgan fingerprint density at radius 2 is 1.78 bits per heavy atom. The fraction of sp³-hybridized carbons (Fsp3) is 0.217. The third-order valence-electron chi connectivity index (χ3n) is 4.88. The van der Waals surface area contributed by atoms with E-state index in [4.69, 9.17) is 16.3 Å². The summed E-state index contributed by atoms with van der Waals surface area (Å²) in [5.41, 5.74) is 0.721. The summed E-state index contributed by atoms with van der Waals surface area (Å²) in [5, 5.41) is 3.19. The summed E-state index contributed by atoms with van der Waals surface area (Å²) in [6.45, 7) is -1.39. The zero-order valence-electron chi connectivity index (χ0n) is 18.2. The van der Waals surface area contributed by atoms with Crippen LogP contribution in [0.1, 0.15) is 5.56 Å². The van der Waals surface area contributed by atoms with Gasteiger partial charge in [0.15, 0.2) is 5.82 Å². The third kappa shape index (κ3) is 6.38. The van der Waals surface area contributed by atoms with Gasteiger partial charge in [0.25, 0.3) is 0 Å². The van der Waals surface area contributed by atoms with Gasteiger partial charge < -0.3 is 19.4 Å². The molecule has 0 atom stereocenters. The van der Waals surface area contributed by atoms with Gasteiger partial charge in [-0.05, 0) is 42.5 Å². The van der Waals surface area contributed by atoms with E-state index in [1.54, 1.807) is 22.9 Å². The Morgan fingerprint density at radius 3 is 2.50 bits per heavy atom. The Hall–Kier alpha value is -3.51. The van der Waals surface area contributed by atoms with Crippen LogP contribution in [0.4, 0.5) is 37.8 Å². The van der Waals surface area contributed by atoms with Crippen LogP contribution in [0.2, 0.25) is 5.02 Å². The van der Waals surface area contributed by atoms with Crippen molar-refractivity contribution >= 4 is 34.1 Å². The van der Waals surface area contributed by atoms with Crippen LogP contribution in [-0.4, -0.2) is 33.9 Å². The summed E-state index contributed by atoms with van der Waals surface area (Å²) >= 11 is 6.29. The van der Waals surface area contributed by atoms with Crippen LogP contribution < -0.4 is 10.1 Å². The number of halogens is 7. The van der Waals surface area contributed by atoms with Crippen molar-refractivity contribution in [3.63, 3.8) is 0 Å². The van der Waals surface area contributed by atoms with Crippen LogP contribution >= 0.6 is 11.6 Å². The molecule has 0 amide bonds. The number of aromatic nitrogens is 3. The normalized spacial score (nSPS) is 12.2. The van der Waals surface area contributed by atoms with Crippen molar-refractivity contribution in [3.8, 4) is 11.5 Å². The SMILES string of the molecule is FC(F)(F)COCCn1ccc2ncnc(Nc3ccc(Oc4cccc(C(F)(F)F)c4)c(Cl)c3)c21. The predicted octanol–water partition coefficient (Wildman–Crippen LogP) is 7.22. The molecule has 0 saturated heterocycles. The molecule has 2 aromatic heterocycles. The molecule has 0 aliphatic carbocycles. The number of anilines is 2. The van der Waals surface area contributed by atoms with Crippen LogP contribution in [0, 0.1) is 0 Å². The van der Waals surface area contributed by atoms with Gasteiger partial charge in [-0.2, -0.15) is 26.3 Å². The molecular formula is C23H17ClF6N4O2. The molecule has 0 radical (unpaired) electrons. The minimum Gasteiger partial charge on any atom is -0.456 e. The molecule has 0 fully saturated rings. The van der Waals surface area contributed by atoms with Crippen LogP contribution in [0.5, 0.6) is 11.5 Å². The topological polar surface area (TPSA) is 61.2 Å². The maximum atomic E-state index is 12.9. The maximum Gasteiger partial charge on any atom is 0.416 e. The van der Waals surface area contributed by atoms with Crippen molar-refractivity contribution < 1.29 is 35.8 Å². The molecule has 13 heteroatoms. The van der Waals surface area contributed by atoms with Gasteiger partial charge in [-0.25, -0.2) is 9.97 Å². The highest BCUT2D eigenvalue weighted by atomic mass is 35.5. The first kappa shape index (κ1) is 25.6. The smallest absolute Gasteiger partial charge is 0.416 e. The summed E-state index contributed by atoms with van der Waals surface area (Å²) in [7, 11) is 0. The van der Waals surface area contributed by atoms with Crippen molar-refractivity contribution in [2.24, 2.45) is 0 Å². The average molecular weight is 531 g/mol. The van der Waals surface area contributed by atoms with E-state index in [-0.39, 0.29) is 29.7 Å². The number of nitrogens with one attached hydrogen (secondary N) is 1. The molecular weight excluding hydrogens is 514 g/mol. The van der Waals surface area contributed by atoms with Gasteiger partial charge in [-0.15, -0.1) is 0 Å². The number of benzene rings is 2. The first-order valence-electron chi connectivity index (χ1n) is 10.4. The molecule has 4 aromatic rings. The lowest BCUT2D eigenvalue weighted by molar-refractivity contribution is -0.174. The second-order valence-corrected chi connectivity index (χ2v) is 7.94. The summed E-state index contributed by atoms with van der Waals surface area (Å²) in [6, 6.07) is 10.7. The Labute approximate surface area is 205 Å². The van der Waals surface area contributed by atoms with Crippen molar-refractivity contribution in [2.75, 3.05) is 18.5 Å². The first-order valence-corrected chi connectivity index (χ1v) is 10.7. The van der Waals surface area contributed by atoms with E-state index in [0.717, 1.165) is 12.1 Å². The largest absolute Gasteiger partial charge is 0.456 e. The molecule has 6 nitrogen and oxygen atoms in total. The van der Waals surface area contributed by atoms with Crippen molar-refractivity contribution in [1.82, 2.24) is 14.5 Å². The Bertz CT molecular complexity index is 1360. The zero-order chi connectivity index (χ0) is 25.9. The molecule has 0 spiro atoms.